The molecule has 1 aromatic carbocycles. The zero-order valence-corrected chi connectivity index (χ0v) is 11.1. The van der Waals surface area contributed by atoms with E-state index in [0.717, 1.165) is 5.56 Å². The van der Waals surface area contributed by atoms with Crippen LogP contribution in [0.3, 0.4) is 0 Å². The number of carbonyl (C=O) groups excluding carboxylic acids is 1. The number of pyridine rings is 1. The van der Waals surface area contributed by atoms with Crippen molar-refractivity contribution in [1.29, 1.82) is 0 Å². The molecule has 0 fully saturated rings. The molecular weight excluding hydrogens is 271 g/mol. The van der Waals surface area contributed by atoms with Gasteiger partial charge in [-0.2, -0.15) is 0 Å². The van der Waals surface area contributed by atoms with Gasteiger partial charge in [-0.25, -0.2) is 4.98 Å². The Kier molecular flexibility index (Phi) is 3.84. The summed E-state index contributed by atoms with van der Waals surface area (Å²) >= 11 is 11.5. The monoisotopic (exact) mass is 280 g/mol. The van der Waals surface area contributed by atoms with E-state index < -0.39 is 0 Å². The van der Waals surface area contributed by atoms with Crippen LogP contribution in [-0.4, -0.2) is 10.9 Å². The minimum absolute atomic E-state index is 0.201. The second-order valence-corrected chi connectivity index (χ2v) is 4.61. The Hall–Kier alpha value is -1.58. The molecule has 1 N–H and O–H groups in total. The molecule has 0 aliphatic carbocycles. The maximum atomic E-state index is 12.0. The first-order valence-electron chi connectivity index (χ1n) is 5.25. The van der Waals surface area contributed by atoms with Crippen molar-refractivity contribution in [2.75, 3.05) is 5.32 Å². The second-order valence-electron chi connectivity index (χ2n) is 3.78. The fourth-order valence-electron chi connectivity index (χ4n) is 1.53. The standard InChI is InChI=1S/C13H10Cl2N2O/c1-8-6-9(14)2-4-11(8)13(18)17-10-3-5-12(15)16-7-10/h2-7H,1H3,(H,17,18). The third kappa shape index (κ3) is 3.00. The van der Waals surface area contributed by atoms with Crippen LogP contribution in [0.1, 0.15) is 15.9 Å². The van der Waals surface area contributed by atoms with Gasteiger partial charge >= 0.3 is 0 Å². The van der Waals surface area contributed by atoms with E-state index in [4.69, 9.17) is 23.2 Å². The first-order chi connectivity index (χ1) is 8.56. The summed E-state index contributed by atoms with van der Waals surface area (Å²) < 4.78 is 0. The lowest BCUT2D eigenvalue weighted by atomic mass is 10.1. The summed E-state index contributed by atoms with van der Waals surface area (Å²) in [6.45, 7) is 1.83. The lowest BCUT2D eigenvalue weighted by Crippen LogP contribution is -2.13. The van der Waals surface area contributed by atoms with Gasteiger partial charge < -0.3 is 5.32 Å². The third-order valence-electron chi connectivity index (χ3n) is 2.42. The molecule has 0 radical (unpaired) electrons. The Morgan fingerprint density at radius 1 is 1.22 bits per heavy atom. The number of amides is 1. The van der Waals surface area contributed by atoms with Crippen LogP contribution in [0.5, 0.6) is 0 Å². The van der Waals surface area contributed by atoms with E-state index in [0.29, 0.717) is 21.4 Å². The number of hydrogen-bond acceptors (Lipinski definition) is 2. The Bertz CT molecular complexity index is 582. The fourth-order valence-corrected chi connectivity index (χ4v) is 1.87. The number of aromatic nitrogens is 1. The SMILES string of the molecule is Cc1cc(Cl)ccc1C(=O)Nc1ccc(Cl)nc1. The molecule has 92 valence electrons. The summed E-state index contributed by atoms with van der Waals surface area (Å²) in [6, 6.07) is 8.43. The van der Waals surface area contributed by atoms with Crippen LogP contribution >= 0.6 is 23.2 Å². The number of carbonyl (C=O) groups is 1. The molecule has 0 bridgehead atoms. The van der Waals surface area contributed by atoms with Gasteiger partial charge in [-0.05, 0) is 42.8 Å². The second kappa shape index (κ2) is 5.38. The van der Waals surface area contributed by atoms with Gasteiger partial charge in [0.15, 0.2) is 0 Å². The Balaban J connectivity index is 2.19. The number of rotatable bonds is 2. The number of nitrogens with one attached hydrogen (secondary N) is 1. The third-order valence-corrected chi connectivity index (χ3v) is 2.88. The van der Waals surface area contributed by atoms with Crippen LogP contribution in [0, 0.1) is 6.92 Å². The van der Waals surface area contributed by atoms with E-state index in [2.05, 4.69) is 10.3 Å². The highest BCUT2D eigenvalue weighted by Crippen LogP contribution is 2.17. The van der Waals surface area contributed by atoms with Gasteiger partial charge in [0.05, 0.1) is 11.9 Å². The van der Waals surface area contributed by atoms with Crippen molar-refractivity contribution >= 4 is 34.8 Å². The molecule has 0 saturated heterocycles. The van der Waals surface area contributed by atoms with Crippen LogP contribution in [0.2, 0.25) is 10.2 Å². The van der Waals surface area contributed by atoms with Crippen LogP contribution in [-0.2, 0) is 0 Å². The lowest BCUT2D eigenvalue weighted by Gasteiger charge is -2.07. The minimum Gasteiger partial charge on any atom is -0.321 e. The molecule has 18 heavy (non-hydrogen) atoms. The molecule has 1 amide bonds. The highest BCUT2D eigenvalue weighted by molar-refractivity contribution is 6.30. The van der Waals surface area contributed by atoms with Gasteiger partial charge in [0.2, 0.25) is 0 Å². The van der Waals surface area contributed by atoms with Crippen molar-refractivity contribution in [1.82, 2.24) is 4.98 Å². The molecule has 0 saturated carbocycles. The lowest BCUT2D eigenvalue weighted by molar-refractivity contribution is 0.102. The van der Waals surface area contributed by atoms with Crippen molar-refractivity contribution in [2.45, 2.75) is 6.92 Å². The zero-order valence-electron chi connectivity index (χ0n) is 9.58. The smallest absolute Gasteiger partial charge is 0.255 e. The number of hydrogen-bond donors (Lipinski definition) is 1. The zero-order chi connectivity index (χ0) is 13.1. The van der Waals surface area contributed by atoms with E-state index in [-0.39, 0.29) is 5.91 Å². The molecule has 5 heteroatoms. The molecule has 1 heterocycles. The first kappa shape index (κ1) is 12.9. The molecule has 0 unspecified atom stereocenters. The minimum atomic E-state index is -0.201. The van der Waals surface area contributed by atoms with Gasteiger partial charge in [0, 0.05) is 10.6 Å². The molecule has 0 spiro atoms. The quantitative estimate of drug-likeness (QED) is 0.847. The van der Waals surface area contributed by atoms with Crippen molar-refractivity contribution in [2.24, 2.45) is 0 Å². The van der Waals surface area contributed by atoms with Crippen molar-refractivity contribution in [3.8, 4) is 0 Å². The van der Waals surface area contributed by atoms with Crippen LogP contribution in [0.15, 0.2) is 36.5 Å². The van der Waals surface area contributed by atoms with Crippen LogP contribution < -0.4 is 5.32 Å². The normalized spacial score (nSPS) is 10.2. The molecule has 2 rings (SSSR count). The predicted molar refractivity (Wildman–Crippen MR) is 73.4 cm³/mol. The number of nitrogens with zero attached hydrogens (tertiary/aromatic N) is 1. The maximum Gasteiger partial charge on any atom is 0.255 e. The number of aryl methyl sites for hydroxylation is 1. The topological polar surface area (TPSA) is 42.0 Å². The molecule has 2 aromatic rings. The molecule has 0 aliphatic rings. The van der Waals surface area contributed by atoms with Crippen molar-refractivity contribution in [3.63, 3.8) is 0 Å². The largest absolute Gasteiger partial charge is 0.321 e. The summed E-state index contributed by atoms with van der Waals surface area (Å²) in [4.78, 5) is 15.9. The van der Waals surface area contributed by atoms with Gasteiger partial charge in [-0.15, -0.1) is 0 Å². The van der Waals surface area contributed by atoms with Crippen LogP contribution in [0.25, 0.3) is 0 Å². The summed E-state index contributed by atoms with van der Waals surface area (Å²) in [7, 11) is 0. The van der Waals surface area contributed by atoms with Gasteiger partial charge in [0.1, 0.15) is 5.15 Å². The highest BCUT2D eigenvalue weighted by atomic mass is 35.5. The number of halogens is 2. The van der Waals surface area contributed by atoms with E-state index in [1.807, 2.05) is 6.92 Å². The first-order valence-corrected chi connectivity index (χ1v) is 6.01. The average molecular weight is 281 g/mol. The Morgan fingerprint density at radius 2 is 2.00 bits per heavy atom. The molecule has 0 aliphatic heterocycles. The van der Waals surface area contributed by atoms with Crippen LogP contribution in [0.4, 0.5) is 5.69 Å². The summed E-state index contributed by atoms with van der Waals surface area (Å²) in [5.74, 6) is -0.201. The number of anilines is 1. The van der Waals surface area contributed by atoms with E-state index in [9.17, 15) is 4.79 Å². The summed E-state index contributed by atoms with van der Waals surface area (Å²) in [5.41, 5.74) is 2.00. The summed E-state index contributed by atoms with van der Waals surface area (Å²) in [6.07, 6.45) is 1.51. The van der Waals surface area contributed by atoms with E-state index >= 15 is 0 Å². The van der Waals surface area contributed by atoms with Gasteiger partial charge in [-0.1, -0.05) is 23.2 Å². The van der Waals surface area contributed by atoms with E-state index in [1.54, 1.807) is 30.3 Å². The Labute approximate surface area is 115 Å². The van der Waals surface area contributed by atoms with Gasteiger partial charge in [-0.3, -0.25) is 4.79 Å². The van der Waals surface area contributed by atoms with Gasteiger partial charge in [0.25, 0.3) is 5.91 Å². The Morgan fingerprint density at radius 3 is 2.61 bits per heavy atom. The van der Waals surface area contributed by atoms with Crippen molar-refractivity contribution in [3.05, 3.63) is 57.8 Å². The average Bonchev–Trinajstić information content (AvgIpc) is 2.32. The molecule has 1 aromatic heterocycles. The fraction of sp³-hybridized carbons (Fsp3) is 0.0769. The molecule has 3 nitrogen and oxygen atoms in total. The van der Waals surface area contributed by atoms with Crippen molar-refractivity contribution < 1.29 is 4.79 Å². The molecular formula is C13H10Cl2N2O. The number of benzene rings is 1. The highest BCUT2D eigenvalue weighted by Gasteiger charge is 2.09. The predicted octanol–water partition coefficient (Wildman–Crippen LogP) is 3.95. The van der Waals surface area contributed by atoms with E-state index in [1.165, 1.54) is 6.20 Å². The maximum absolute atomic E-state index is 12.0. The summed E-state index contributed by atoms with van der Waals surface area (Å²) in [5, 5.41) is 3.74. The molecule has 0 atom stereocenters.